The first-order chi connectivity index (χ1) is 9.11. The van der Waals surface area contributed by atoms with Gasteiger partial charge in [-0.2, -0.15) is 0 Å². The second kappa shape index (κ2) is 8.93. The van der Waals surface area contributed by atoms with Crippen LogP contribution in [-0.4, -0.2) is 32.2 Å². The second-order valence-corrected chi connectivity index (χ2v) is 4.34. The molecule has 0 saturated carbocycles. The standard InChI is InChI=1S/C14H20F3NO/c1-2-18-13(6-7-19-10-14(16)17)9-11-4-3-5-12(15)8-11/h3-5,8,13-14,18H,2,6-7,9-10H2,1H3. The number of benzene rings is 1. The largest absolute Gasteiger partial charge is 0.375 e. The van der Waals surface area contributed by atoms with Crippen LogP contribution in [0.4, 0.5) is 13.2 Å². The van der Waals surface area contributed by atoms with E-state index in [4.69, 9.17) is 4.74 Å². The van der Waals surface area contributed by atoms with Gasteiger partial charge in [-0.15, -0.1) is 0 Å². The zero-order chi connectivity index (χ0) is 14.1. The molecule has 0 saturated heterocycles. The SMILES string of the molecule is CCNC(CCOCC(F)F)Cc1cccc(F)c1. The smallest absolute Gasteiger partial charge is 0.261 e. The molecule has 2 nitrogen and oxygen atoms in total. The van der Waals surface area contributed by atoms with Crippen LogP contribution in [0.15, 0.2) is 24.3 Å². The van der Waals surface area contributed by atoms with E-state index in [-0.39, 0.29) is 18.5 Å². The lowest BCUT2D eigenvalue weighted by molar-refractivity contribution is 0.0144. The molecule has 108 valence electrons. The van der Waals surface area contributed by atoms with E-state index in [1.54, 1.807) is 6.07 Å². The maximum atomic E-state index is 13.1. The van der Waals surface area contributed by atoms with E-state index in [0.717, 1.165) is 12.1 Å². The summed E-state index contributed by atoms with van der Waals surface area (Å²) >= 11 is 0. The first-order valence-electron chi connectivity index (χ1n) is 6.45. The predicted molar refractivity (Wildman–Crippen MR) is 69.0 cm³/mol. The van der Waals surface area contributed by atoms with Crippen molar-refractivity contribution in [2.24, 2.45) is 0 Å². The minimum absolute atomic E-state index is 0.101. The summed E-state index contributed by atoms with van der Waals surface area (Å²) < 4.78 is 41.8. The van der Waals surface area contributed by atoms with Crippen LogP contribution >= 0.6 is 0 Å². The maximum absolute atomic E-state index is 13.1. The number of ether oxygens (including phenoxy) is 1. The fourth-order valence-corrected chi connectivity index (χ4v) is 1.91. The molecule has 19 heavy (non-hydrogen) atoms. The van der Waals surface area contributed by atoms with E-state index in [1.165, 1.54) is 12.1 Å². The lowest BCUT2D eigenvalue weighted by Gasteiger charge is -2.18. The van der Waals surface area contributed by atoms with Crippen LogP contribution in [0.2, 0.25) is 0 Å². The predicted octanol–water partition coefficient (Wildman–Crippen LogP) is 3.02. The van der Waals surface area contributed by atoms with Gasteiger partial charge in [0.25, 0.3) is 6.43 Å². The Bertz CT molecular complexity index is 360. The molecule has 0 bridgehead atoms. The first-order valence-corrected chi connectivity index (χ1v) is 6.45. The van der Waals surface area contributed by atoms with Crippen molar-refractivity contribution in [2.45, 2.75) is 32.2 Å². The highest BCUT2D eigenvalue weighted by molar-refractivity contribution is 5.17. The Morgan fingerprint density at radius 3 is 2.74 bits per heavy atom. The number of hydrogen-bond acceptors (Lipinski definition) is 2. The quantitative estimate of drug-likeness (QED) is 0.699. The van der Waals surface area contributed by atoms with Gasteiger partial charge in [0.15, 0.2) is 0 Å². The van der Waals surface area contributed by atoms with Gasteiger partial charge < -0.3 is 10.1 Å². The molecular weight excluding hydrogens is 255 g/mol. The average molecular weight is 275 g/mol. The van der Waals surface area contributed by atoms with Crippen molar-refractivity contribution in [3.05, 3.63) is 35.6 Å². The molecule has 0 aliphatic heterocycles. The van der Waals surface area contributed by atoms with E-state index in [1.807, 2.05) is 13.0 Å². The van der Waals surface area contributed by atoms with Gasteiger partial charge in [-0.3, -0.25) is 0 Å². The topological polar surface area (TPSA) is 21.3 Å². The van der Waals surface area contributed by atoms with Gasteiger partial charge in [-0.25, -0.2) is 13.2 Å². The molecule has 0 amide bonds. The van der Waals surface area contributed by atoms with E-state index in [9.17, 15) is 13.2 Å². The molecular formula is C14H20F3NO. The molecule has 0 radical (unpaired) electrons. The second-order valence-electron chi connectivity index (χ2n) is 4.34. The van der Waals surface area contributed by atoms with Crippen LogP contribution in [0.1, 0.15) is 18.9 Å². The van der Waals surface area contributed by atoms with Crippen LogP contribution in [0, 0.1) is 5.82 Å². The van der Waals surface area contributed by atoms with Crippen molar-refractivity contribution in [2.75, 3.05) is 19.8 Å². The number of likely N-dealkylation sites (N-methyl/N-ethyl adjacent to an activating group) is 1. The number of rotatable bonds is 9. The summed E-state index contributed by atoms with van der Waals surface area (Å²) in [7, 11) is 0. The van der Waals surface area contributed by atoms with Gasteiger partial charge >= 0.3 is 0 Å². The molecule has 1 aromatic rings. The molecule has 0 aromatic heterocycles. The van der Waals surface area contributed by atoms with Crippen LogP contribution in [0.3, 0.4) is 0 Å². The van der Waals surface area contributed by atoms with Crippen LogP contribution < -0.4 is 5.32 Å². The van der Waals surface area contributed by atoms with E-state index in [0.29, 0.717) is 12.8 Å². The third-order valence-electron chi connectivity index (χ3n) is 2.72. The Morgan fingerprint density at radius 1 is 1.32 bits per heavy atom. The fourth-order valence-electron chi connectivity index (χ4n) is 1.91. The van der Waals surface area contributed by atoms with Crippen molar-refractivity contribution in [1.82, 2.24) is 5.32 Å². The highest BCUT2D eigenvalue weighted by Crippen LogP contribution is 2.09. The van der Waals surface area contributed by atoms with Gasteiger partial charge in [0.2, 0.25) is 0 Å². The van der Waals surface area contributed by atoms with Crippen molar-refractivity contribution >= 4 is 0 Å². The zero-order valence-electron chi connectivity index (χ0n) is 11.0. The van der Waals surface area contributed by atoms with Gasteiger partial charge in [0, 0.05) is 12.6 Å². The minimum atomic E-state index is -2.43. The van der Waals surface area contributed by atoms with Crippen LogP contribution in [0.25, 0.3) is 0 Å². The molecule has 1 aromatic carbocycles. The highest BCUT2D eigenvalue weighted by atomic mass is 19.3. The monoisotopic (exact) mass is 275 g/mol. The van der Waals surface area contributed by atoms with E-state index < -0.39 is 13.0 Å². The molecule has 1 rings (SSSR count). The zero-order valence-corrected chi connectivity index (χ0v) is 11.0. The molecule has 0 fully saturated rings. The van der Waals surface area contributed by atoms with E-state index in [2.05, 4.69) is 5.32 Å². The molecule has 1 unspecified atom stereocenters. The summed E-state index contributed by atoms with van der Waals surface area (Å²) in [6.45, 7) is 2.49. The van der Waals surface area contributed by atoms with Crippen LogP contribution in [-0.2, 0) is 11.2 Å². The lowest BCUT2D eigenvalue weighted by atomic mass is 10.0. The van der Waals surface area contributed by atoms with Crippen LogP contribution in [0.5, 0.6) is 0 Å². The first kappa shape index (κ1) is 16.0. The third kappa shape index (κ3) is 7.18. The summed E-state index contributed by atoms with van der Waals surface area (Å²) in [6.07, 6.45) is -1.15. The Balaban J connectivity index is 2.39. The maximum Gasteiger partial charge on any atom is 0.261 e. The van der Waals surface area contributed by atoms with Crippen molar-refractivity contribution < 1.29 is 17.9 Å². The molecule has 0 aliphatic rings. The highest BCUT2D eigenvalue weighted by Gasteiger charge is 2.10. The van der Waals surface area contributed by atoms with Crippen molar-refractivity contribution in [3.8, 4) is 0 Å². The fraction of sp³-hybridized carbons (Fsp3) is 0.571. The normalized spacial score (nSPS) is 12.9. The number of hydrogen-bond donors (Lipinski definition) is 1. The number of alkyl halides is 2. The molecule has 5 heteroatoms. The molecule has 0 heterocycles. The van der Waals surface area contributed by atoms with Gasteiger partial charge in [0.1, 0.15) is 12.4 Å². The molecule has 1 N–H and O–H groups in total. The third-order valence-corrected chi connectivity index (χ3v) is 2.72. The molecule has 1 atom stereocenters. The molecule has 0 aliphatic carbocycles. The van der Waals surface area contributed by atoms with Crippen molar-refractivity contribution in [3.63, 3.8) is 0 Å². The summed E-state index contributed by atoms with van der Waals surface area (Å²) in [5, 5.41) is 3.25. The minimum Gasteiger partial charge on any atom is -0.375 e. The molecule has 0 spiro atoms. The van der Waals surface area contributed by atoms with E-state index >= 15 is 0 Å². The van der Waals surface area contributed by atoms with Gasteiger partial charge in [0.05, 0.1) is 0 Å². The Morgan fingerprint density at radius 2 is 2.11 bits per heavy atom. The summed E-state index contributed by atoms with van der Waals surface area (Å²) in [4.78, 5) is 0. The Labute approximate surface area is 112 Å². The number of nitrogens with one attached hydrogen (secondary N) is 1. The summed E-state index contributed by atoms with van der Waals surface area (Å²) in [5.74, 6) is -0.262. The van der Waals surface area contributed by atoms with Gasteiger partial charge in [-0.05, 0) is 37.1 Å². The average Bonchev–Trinajstić information content (AvgIpc) is 2.34. The van der Waals surface area contributed by atoms with Crippen molar-refractivity contribution in [1.29, 1.82) is 0 Å². The van der Waals surface area contributed by atoms with Gasteiger partial charge in [-0.1, -0.05) is 19.1 Å². The Kier molecular flexibility index (Phi) is 7.52. The number of halogens is 3. The Hall–Kier alpha value is -1.07. The lowest BCUT2D eigenvalue weighted by Crippen LogP contribution is -2.32. The summed E-state index contributed by atoms with van der Waals surface area (Å²) in [5.41, 5.74) is 0.889. The summed E-state index contributed by atoms with van der Waals surface area (Å²) in [6, 6.07) is 6.51.